The Morgan fingerprint density at radius 1 is 1.53 bits per heavy atom. The molecule has 1 aliphatic rings. The number of aryl methyl sites for hydroxylation is 1. The lowest BCUT2D eigenvalue weighted by atomic mass is 9.80. The number of hydrogen-bond acceptors (Lipinski definition) is 4. The first-order valence-corrected chi connectivity index (χ1v) is 5.92. The zero-order chi connectivity index (χ0) is 12.5. The summed E-state index contributed by atoms with van der Waals surface area (Å²) in [7, 11) is 5.11. The minimum atomic E-state index is -0.893. The van der Waals surface area contributed by atoms with Crippen molar-refractivity contribution in [1.29, 1.82) is 0 Å². The number of nitrogens with zero attached hydrogens (tertiary/aromatic N) is 2. The van der Waals surface area contributed by atoms with Gasteiger partial charge < -0.3 is 14.6 Å². The van der Waals surface area contributed by atoms with E-state index in [2.05, 4.69) is 5.10 Å². The smallest absolute Gasteiger partial charge is 0.162 e. The molecule has 0 amide bonds. The van der Waals surface area contributed by atoms with Crippen molar-refractivity contribution in [1.82, 2.24) is 9.78 Å². The van der Waals surface area contributed by atoms with Gasteiger partial charge in [-0.2, -0.15) is 5.10 Å². The van der Waals surface area contributed by atoms with Crippen molar-refractivity contribution < 1.29 is 14.6 Å². The Morgan fingerprint density at radius 2 is 2.29 bits per heavy atom. The molecule has 17 heavy (non-hydrogen) atoms. The van der Waals surface area contributed by atoms with Crippen molar-refractivity contribution in [2.75, 3.05) is 14.2 Å². The molecule has 0 radical (unpaired) electrons. The van der Waals surface area contributed by atoms with Gasteiger partial charge in [0.25, 0.3) is 0 Å². The third-order valence-electron chi connectivity index (χ3n) is 3.58. The fraction of sp³-hybridized carbons (Fsp3) is 0.750. The topological polar surface area (TPSA) is 56.5 Å². The summed E-state index contributed by atoms with van der Waals surface area (Å²) in [6, 6.07) is 0. The lowest BCUT2D eigenvalue weighted by Crippen LogP contribution is -2.37. The maximum Gasteiger partial charge on any atom is 0.162 e. The largest absolute Gasteiger partial charge is 0.493 e. The van der Waals surface area contributed by atoms with E-state index in [1.54, 1.807) is 25.1 Å². The van der Waals surface area contributed by atoms with E-state index in [1.807, 2.05) is 7.05 Å². The highest BCUT2D eigenvalue weighted by molar-refractivity contribution is 5.31. The lowest BCUT2D eigenvalue weighted by molar-refractivity contribution is -0.0687. The van der Waals surface area contributed by atoms with Gasteiger partial charge in [-0.1, -0.05) is 0 Å². The third-order valence-corrected chi connectivity index (χ3v) is 3.58. The molecule has 2 rings (SSSR count). The minimum absolute atomic E-state index is 0.105. The van der Waals surface area contributed by atoms with Crippen LogP contribution in [0.1, 0.15) is 31.4 Å². The maximum absolute atomic E-state index is 10.8. The molecule has 1 heterocycles. The summed E-state index contributed by atoms with van der Waals surface area (Å²) in [5, 5.41) is 15.0. The first-order valence-electron chi connectivity index (χ1n) is 5.92. The summed E-state index contributed by atoms with van der Waals surface area (Å²) in [6.07, 6.45) is 5.02. The predicted octanol–water partition coefficient (Wildman–Crippen LogP) is 1.21. The molecule has 1 saturated carbocycles. The van der Waals surface area contributed by atoms with Gasteiger partial charge in [0.1, 0.15) is 11.3 Å². The molecule has 0 saturated heterocycles. The fourth-order valence-electron chi connectivity index (χ4n) is 2.72. The normalized spacial score (nSPS) is 29.3. The standard InChI is InChI=1S/C12H20N2O3/c1-14-11(10(17-3)8-13-14)12(15)6-4-5-9(7-12)16-2/h8-9,15H,4-7H2,1-3H3. The van der Waals surface area contributed by atoms with E-state index in [0.717, 1.165) is 25.0 Å². The van der Waals surface area contributed by atoms with Crippen LogP contribution in [-0.2, 0) is 17.4 Å². The molecule has 0 spiro atoms. The molecule has 0 aromatic carbocycles. The quantitative estimate of drug-likeness (QED) is 0.862. The van der Waals surface area contributed by atoms with Crippen molar-refractivity contribution in [3.63, 3.8) is 0 Å². The van der Waals surface area contributed by atoms with Crippen LogP contribution in [0.25, 0.3) is 0 Å². The first kappa shape index (κ1) is 12.4. The maximum atomic E-state index is 10.8. The molecule has 0 aliphatic heterocycles. The number of aliphatic hydroxyl groups is 1. The molecule has 5 heteroatoms. The second-order valence-corrected chi connectivity index (χ2v) is 4.67. The van der Waals surface area contributed by atoms with Crippen LogP contribution in [0.3, 0.4) is 0 Å². The van der Waals surface area contributed by atoms with Crippen LogP contribution in [0.4, 0.5) is 0 Å². The Kier molecular flexibility index (Phi) is 3.40. The summed E-state index contributed by atoms with van der Waals surface area (Å²) in [6.45, 7) is 0. The number of rotatable bonds is 3. The van der Waals surface area contributed by atoms with Gasteiger partial charge in [-0.15, -0.1) is 0 Å². The number of hydrogen-bond donors (Lipinski definition) is 1. The molecule has 0 bridgehead atoms. The van der Waals surface area contributed by atoms with Crippen LogP contribution < -0.4 is 4.74 Å². The number of aromatic nitrogens is 2. The Hall–Kier alpha value is -1.07. The summed E-state index contributed by atoms with van der Waals surface area (Å²) < 4.78 is 12.3. The Labute approximate surface area is 101 Å². The van der Waals surface area contributed by atoms with Crippen LogP contribution in [0.2, 0.25) is 0 Å². The van der Waals surface area contributed by atoms with E-state index in [1.165, 1.54) is 0 Å². The van der Waals surface area contributed by atoms with Crippen LogP contribution >= 0.6 is 0 Å². The molecular formula is C12H20N2O3. The lowest BCUT2D eigenvalue weighted by Gasteiger charge is -2.36. The summed E-state index contributed by atoms with van der Waals surface area (Å²) in [5.74, 6) is 0.645. The van der Waals surface area contributed by atoms with Gasteiger partial charge in [0.2, 0.25) is 0 Å². The Morgan fingerprint density at radius 3 is 2.94 bits per heavy atom. The van der Waals surface area contributed by atoms with E-state index in [0.29, 0.717) is 12.2 Å². The minimum Gasteiger partial charge on any atom is -0.493 e. The molecule has 5 nitrogen and oxygen atoms in total. The van der Waals surface area contributed by atoms with Crippen molar-refractivity contribution in [3.8, 4) is 5.75 Å². The van der Waals surface area contributed by atoms with Gasteiger partial charge in [0.05, 0.1) is 19.4 Å². The van der Waals surface area contributed by atoms with Gasteiger partial charge in [-0.25, -0.2) is 0 Å². The van der Waals surface area contributed by atoms with Gasteiger partial charge in [0, 0.05) is 20.6 Å². The SMILES string of the molecule is COc1cnn(C)c1C1(O)CCCC(OC)C1. The highest BCUT2D eigenvalue weighted by Crippen LogP contribution is 2.41. The van der Waals surface area contributed by atoms with E-state index < -0.39 is 5.60 Å². The first-order chi connectivity index (χ1) is 8.10. The van der Waals surface area contributed by atoms with Gasteiger partial charge in [-0.3, -0.25) is 4.68 Å². The highest BCUT2D eigenvalue weighted by Gasteiger charge is 2.40. The van der Waals surface area contributed by atoms with E-state index in [4.69, 9.17) is 9.47 Å². The molecule has 2 atom stereocenters. The van der Waals surface area contributed by atoms with Crippen molar-refractivity contribution >= 4 is 0 Å². The molecular weight excluding hydrogens is 220 g/mol. The van der Waals surface area contributed by atoms with Gasteiger partial charge in [0.15, 0.2) is 5.75 Å². The highest BCUT2D eigenvalue weighted by atomic mass is 16.5. The third kappa shape index (κ3) is 2.17. The predicted molar refractivity (Wildman–Crippen MR) is 62.9 cm³/mol. The van der Waals surface area contributed by atoms with Crippen LogP contribution in [0.5, 0.6) is 5.75 Å². The van der Waals surface area contributed by atoms with Crippen LogP contribution in [0, 0.1) is 0 Å². The summed E-state index contributed by atoms with van der Waals surface area (Å²) in [5.41, 5.74) is -0.142. The zero-order valence-electron chi connectivity index (χ0n) is 10.6. The van der Waals surface area contributed by atoms with Crippen LogP contribution in [-0.4, -0.2) is 35.2 Å². The van der Waals surface area contributed by atoms with Crippen molar-refractivity contribution in [2.45, 2.75) is 37.4 Å². The Bertz CT molecular complexity index is 391. The average molecular weight is 240 g/mol. The summed E-state index contributed by atoms with van der Waals surface area (Å²) in [4.78, 5) is 0. The monoisotopic (exact) mass is 240 g/mol. The second-order valence-electron chi connectivity index (χ2n) is 4.67. The molecule has 2 unspecified atom stereocenters. The molecule has 1 aromatic rings. The number of methoxy groups -OCH3 is 2. The van der Waals surface area contributed by atoms with Crippen LogP contribution in [0.15, 0.2) is 6.20 Å². The summed E-state index contributed by atoms with van der Waals surface area (Å²) >= 11 is 0. The molecule has 96 valence electrons. The molecule has 1 aliphatic carbocycles. The van der Waals surface area contributed by atoms with E-state index in [9.17, 15) is 5.11 Å². The average Bonchev–Trinajstić information content (AvgIpc) is 2.71. The van der Waals surface area contributed by atoms with Gasteiger partial charge >= 0.3 is 0 Å². The fourth-order valence-corrected chi connectivity index (χ4v) is 2.72. The Balaban J connectivity index is 2.33. The second kappa shape index (κ2) is 4.66. The molecule has 1 fully saturated rings. The van der Waals surface area contributed by atoms with E-state index >= 15 is 0 Å². The molecule has 1 aromatic heterocycles. The van der Waals surface area contributed by atoms with Gasteiger partial charge in [-0.05, 0) is 19.3 Å². The molecule has 1 N–H and O–H groups in total. The number of ether oxygens (including phenoxy) is 2. The van der Waals surface area contributed by atoms with E-state index in [-0.39, 0.29) is 6.10 Å². The zero-order valence-corrected chi connectivity index (χ0v) is 10.6. The van der Waals surface area contributed by atoms with Crippen molar-refractivity contribution in [3.05, 3.63) is 11.9 Å². The van der Waals surface area contributed by atoms with Crippen molar-refractivity contribution in [2.24, 2.45) is 7.05 Å².